The zero-order chi connectivity index (χ0) is 14.9. The van der Waals surface area contributed by atoms with Gasteiger partial charge in [0.1, 0.15) is 10.8 Å². The van der Waals surface area contributed by atoms with E-state index in [1.807, 2.05) is 0 Å². The number of ether oxygens (including phenoxy) is 1. The maximum absolute atomic E-state index is 14.1. The lowest BCUT2D eigenvalue weighted by Crippen LogP contribution is -2.03. The first-order chi connectivity index (χ1) is 9.43. The zero-order valence-electron chi connectivity index (χ0n) is 10.5. The van der Waals surface area contributed by atoms with Crippen molar-refractivity contribution in [2.45, 2.75) is 0 Å². The normalized spacial score (nSPS) is 10.4. The Morgan fingerprint density at radius 1 is 1.15 bits per heavy atom. The summed E-state index contributed by atoms with van der Waals surface area (Å²) in [6, 6.07) is 6.30. The Morgan fingerprint density at radius 2 is 1.85 bits per heavy atom. The van der Waals surface area contributed by atoms with Gasteiger partial charge in [-0.3, -0.25) is 0 Å². The van der Waals surface area contributed by atoms with E-state index in [0.717, 1.165) is 0 Å². The largest absolute Gasteiger partial charge is 0.497 e. The molecule has 0 atom stereocenters. The van der Waals surface area contributed by atoms with E-state index in [9.17, 15) is 4.39 Å². The summed E-state index contributed by atoms with van der Waals surface area (Å²) < 4.78 is 19.2. The molecular formula is C13H12Cl2FN3O. The first kappa shape index (κ1) is 14.6. The van der Waals surface area contributed by atoms with Crippen LogP contribution >= 0.6 is 23.2 Å². The highest BCUT2D eigenvalue weighted by atomic mass is 35.5. The molecule has 0 saturated heterocycles. The number of anilines is 4. The van der Waals surface area contributed by atoms with Gasteiger partial charge in [0.2, 0.25) is 0 Å². The van der Waals surface area contributed by atoms with Crippen LogP contribution in [0.5, 0.6) is 5.75 Å². The molecular weight excluding hydrogens is 304 g/mol. The smallest absolute Gasteiger partial charge is 0.169 e. The third kappa shape index (κ3) is 2.69. The Hall–Kier alpha value is -1.85. The van der Waals surface area contributed by atoms with Crippen molar-refractivity contribution in [2.24, 2.45) is 0 Å². The highest BCUT2D eigenvalue weighted by molar-refractivity contribution is 6.34. The van der Waals surface area contributed by atoms with Crippen molar-refractivity contribution in [2.75, 3.05) is 23.9 Å². The summed E-state index contributed by atoms with van der Waals surface area (Å²) in [5, 5.41) is 2.99. The Morgan fingerprint density at radius 3 is 2.50 bits per heavy atom. The molecule has 7 heteroatoms. The lowest BCUT2D eigenvalue weighted by atomic mass is 10.2. The third-order valence-electron chi connectivity index (χ3n) is 2.70. The first-order valence-corrected chi connectivity index (χ1v) is 6.33. The maximum Gasteiger partial charge on any atom is 0.169 e. The number of nitrogens with two attached hydrogens (primary N) is 2. The van der Waals surface area contributed by atoms with Crippen LogP contribution in [0.3, 0.4) is 0 Å². The predicted molar refractivity (Wildman–Crippen MR) is 81.5 cm³/mol. The highest BCUT2D eigenvalue weighted by Crippen LogP contribution is 2.37. The molecule has 0 aliphatic carbocycles. The molecule has 0 unspecified atom stereocenters. The standard InChI is InChI=1S/C13H12Cl2FN3O/c1-20-6-2-3-7(14)10(4-6)19-13-9(18)5-8(17)11(15)12(13)16/h2-5,19H,17-18H2,1H3. The van der Waals surface area contributed by atoms with E-state index in [4.69, 9.17) is 39.4 Å². The van der Waals surface area contributed by atoms with Crippen LogP contribution in [0.25, 0.3) is 0 Å². The Kier molecular flexibility index (Phi) is 4.11. The summed E-state index contributed by atoms with van der Waals surface area (Å²) in [6.45, 7) is 0. The van der Waals surface area contributed by atoms with E-state index >= 15 is 0 Å². The predicted octanol–water partition coefficient (Wildman–Crippen LogP) is 4.05. The Bertz CT molecular complexity index is 665. The summed E-state index contributed by atoms with van der Waals surface area (Å²) in [4.78, 5) is 0. The van der Waals surface area contributed by atoms with Gasteiger partial charge in [0.15, 0.2) is 5.82 Å². The fourth-order valence-corrected chi connectivity index (χ4v) is 1.97. The number of rotatable bonds is 3. The van der Waals surface area contributed by atoms with Crippen LogP contribution in [-0.2, 0) is 0 Å². The molecule has 0 bridgehead atoms. The van der Waals surface area contributed by atoms with Gasteiger partial charge in [0.05, 0.1) is 34.9 Å². The van der Waals surface area contributed by atoms with E-state index < -0.39 is 5.82 Å². The summed E-state index contributed by atoms with van der Waals surface area (Å²) >= 11 is 11.8. The molecule has 0 spiro atoms. The topological polar surface area (TPSA) is 73.3 Å². The number of benzene rings is 2. The minimum atomic E-state index is -0.733. The Labute approximate surface area is 125 Å². The van der Waals surface area contributed by atoms with E-state index in [0.29, 0.717) is 16.5 Å². The van der Waals surface area contributed by atoms with Gasteiger partial charge in [-0.2, -0.15) is 0 Å². The first-order valence-electron chi connectivity index (χ1n) is 5.57. The average molecular weight is 316 g/mol. The van der Waals surface area contributed by atoms with Crippen LogP contribution in [0.1, 0.15) is 0 Å². The molecule has 0 aromatic heterocycles. The van der Waals surface area contributed by atoms with Gasteiger partial charge < -0.3 is 21.5 Å². The minimum Gasteiger partial charge on any atom is -0.497 e. The van der Waals surface area contributed by atoms with Gasteiger partial charge in [0.25, 0.3) is 0 Å². The van der Waals surface area contributed by atoms with Crippen LogP contribution in [0.15, 0.2) is 24.3 Å². The van der Waals surface area contributed by atoms with Crippen molar-refractivity contribution in [3.8, 4) is 5.75 Å². The molecule has 0 saturated carbocycles. The summed E-state index contributed by atoms with van der Waals surface area (Å²) in [6.07, 6.45) is 0. The number of hydrogen-bond acceptors (Lipinski definition) is 4. The molecule has 0 fully saturated rings. The molecule has 0 aliphatic heterocycles. The van der Waals surface area contributed by atoms with E-state index in [1.165, 1.54) is 13.2 Å². The average Bonchev–Trinajstić information content (AvgIpc) is 2.43. The summed E-state index contributed by atoms with van der Waals surface area (Å²) in [7, 11) is 1.52. The van der Waals surface area contributed by atoms with Gasteiger partial charge in [-0.25, -0.2) is 4.39 Å². The van der Waals surface area contributed by atoms with Crippen molar-refractivity contribution in [3.63, 3.8) is 0 Å². The summed E-state index contributed by atoms with van der Waals surface area (Å²) in [5.41, 5.74) is 11.9. The van der Waals surface area contributed by atoms with Gasteiger partial charge in [-0.15, -0.1) is 0 Å². The van der Waals surface area contributed by atoms with E-state index in [1.54, 1.807) is 18.2 Å². The van der Waals surface area contributed by atoms with E-state index in [-0.39, 0.29) is 22.1 Å². The molecule has 2 aromatic rings. The molecule has 0 radical (unpaired) electrons. The molecule has 2 rings (SSSR count). The number of hydrogen-bond donors (Lipinski definition) is 3. The molecule has 5 N–H and O–H groups in total. The van der Waals surface area contributed by atoms with Gasteiger partial charge in [-0.05, 0) is 18.2 Å². The molecule has 4 nitrogen and oxygen atoms in total. The van der Waals surface area contributed by atoms with Crippen LogP contribution in [0.2, 0.25) is 10.0 Å². The second-order valence-corrected chi connectivity index (χ2v) is 4.81. The lowest BCUT2D eigenvalue weighted by Gasteiger charge is -2.14. The number of halogens is 3. The molecule has 0 amide bonds. The lowest BCUT2D eigenvalue weighted by molar-refractivity contribution is 0.415. The number of nitrogen functional groups attached to an aromatic ring is 2. The molecule has 20 heavy (non-hydrogen) atoms. The number of nitrogens with one attached hydrogen (secondary N) is 1. The molecule has 0 aliphatic rings. The second-order valence-electron chi connectivity index (χ2n) is 4.03. The quantitative estimate of drug-likeness (QED) is 0.747. The zero-order valence-corrected chi connectivity index (χ0v) is 12.0. The van der Waals surface area contributed by atoms with E-state index in [2.05, 4.69) is 5.32 Å². The van der Waals surface area contributed by atoms with Crippen LogP contribution in [0.4, 0.5) is 27.1 Å². The fraction of sp³-hybridized carbons (Fsp3) is 0.0769. The van der Waals surface area contributed by atoms with Crippen LogP contribution in [0, 0.1) is 5.82 Å². The van der Waals surface area contributed by atoms with Crippen LogP contribution < -0.4 is 21.5 Å². The van der Waals surface area contributed by atoms with Crippen molar-refractivity contribution in [3.05, 3.63) is 40.1 Å². The van der Waals surface area contributed by atoms with Gasteiger partial charge in [0, 0.05) is 6.07 Å². The number of methoxy groups -OCH3 is 1. The van der Waals surface area contributed by atoms with Gasteiger partial charge in [-0.1, -0.05) is 23.2 Å². The minimum absolute atomic E-state index is 0.0133. The fourth-order valence-electron chi connectivity index (χ4n) is 1.66. The van der Waals surface area contributed by atoms with Crippen molar-refractivity contribution in [1.29, 1.82) is 0 Å². The van der Waals surface area contributed by atoms with Crippen LogP contribution in [-0.4, -0.2) is 7.11 Å². The molecule has 106 valence electrons. The highest BCUT2D eigenvalue weighted by Gasteiger charge is 2.15. The monoisotopic (exact) mass is 315 g/mol. The van der Waals surface area contributed by atoms with Crippen molar-refractivity contribution >= 4 is 46.0 Å². The van der Waals surface area contributed by atoms with Gasteiger partial charge >= 0.3 is 0 Å². The maximum atomic E-state index is 14.1. The molecule has 0 heterocycles. The third-order valence-corrected chi connectivity index (χ3v) is 3.41. The van der Waals surface area contributed by atoms with Crippen molar-refractivity contribution < 1.29 is 9.13 Å². The summed E-state index contributed by atoms with van der Waals surface area (Å²) in [5.74, 6) is -0.166. The Balaban J connectivity index is 2.47. The SMILES string of the molecule is COc1ccc(Cl)c(Nc2c(N)cc(N)c(Cl)c2F)c1. The van der Waals surface area contributed by atoms with Crippen molar-refractivity contribution in [1.82, 2.24) is 0 Å². The second kappa shape index (κ2) is 5.64. The molecule has 2 aromatic carbocycles.